The first kappa shape index (κ1) is 33.4. The van der Waals surface area contributed by atoms with Crippen LogP contribution in [0.5, 0.6) is 0 Å². The molecule has 216 valence electrons. The van der Waals surface area contributed by atoms with E-state index in [4.69, 9.17) is 4.74 Å². The van der Waals surface area contributed by atoms with Crippen LogP contribution in [0.15, 0.2) is 24.3 Å². The summed E-state index contributed by atoms with van der Waals surface area (Å²) < 4.78 is 5.31. The van der Waals surface area contributed by atoms with E-state index in [0.29, 0.717) is 18.5 Å². The number of aliphatic hydroxyl groups is 1. The molecule has 3 amide bonds. The standard InChI is InChI=1S/C30H51N3O5/c1-8-10-11-12-13-14-20-33(28(36)25(21-34)32-29(37)38-30(5,6)7)26(24-18-16-22(3)17-19-24)27(35)31-23(4)15-9-2/h16-19,23,25-26,34H,8-15,20-21H2,1-7H3,(H,31,35)(H,32,37). The van der Waals surface area contributed by atoms with Crippen LogP contribution in [0.2, 0.25) is 0 Å². The smallest absolute Gasteiger partial charge is 0.408 e. The number of nitrogens with one attached hydrogen (secondary N) is 2. The van der Waals surface area contributed by atoms with Crippen LogP contribution in [0.1, 0.15) is 110 Å². The van der Waals surface area contributed by atoms with Crippen molar-refractivity contribution >= 4 is 17.9 Å². The van der Waals surface area contributed by atoms with E-state index in [1.165, 1.54) is 11.3 Å². The maximum Gasteiger partial charge on any atom is 0.408 e. The summed E-state index contributed by atoms with van der Waals surface area (Å²) in [5, 5.41) is 15.7. The van der Waals surface area contributed by atoms with Crippen molar-refractivity contribution in [1.82, 2.24) is 15.5 Å². The van der Waals surface area contributed by atoms with Gasteiger partial charge in [0.1, 0.15) is 17.7 Å². The van der Waals surface area contributed by atoms with Crippen LogP contribution in [0.3, 0.4) is 0 Å². The Morgan fingerprint density at radius 1 is 0.947 bits per heavy atom. The van der Waals surface area contributed by atoms with Crippen LogP contribution in [0, 0.1) is 6.92 Å². The highest BCUT2D eigenvalue weighted by Crippen LogP contribution is 2.25. The van der Waals surface area contributed by atoms with Crippen molar-refractivity contribution in [3.63, 3.8) is 0 Å². The second kappa shape index (κ2) is 17.1. The molecule has 0 aromatic heterocycles. The van der Waals surface area contributed by atoms with E-state index >= 15 is 0 Å². The Hall–Kier alpha value is -2.61. The summed E-state index contributed by atoms with van der Waals surface area (Å²) in [5.74, 6) is -0.793. The second-order valence-corrected chi connectivity index (χ2v) is 11.2. The number of unbranched alkanes of at least 4 members (excludes halogenated alkanes) is 5. The molecule has 1 rings (SSSR count). The summed E-state index contributed by atoms with van der Waals surface area (Å²) in [4.78, 5) is 41.5. The van der Waals surface area contributed by atoms with Gasteiger partial charge < -0.3 is 25.4 Å². The molecule has 0 bridgehead atoms. The summed E-state index contributed by atoms with van der Waals surface area (Å²) in [7, 11) is 0. The number of hydrogen-bond donors (Lipinski definition) is 3. The number of alkyl carbamates (subject to hydrolysis) is 1. The molecule has 38 heavy (non-hydrogen) atoms. The molecule has 8 heteroatoms. The van der Waals surface area contributed by atoms with Crippen molar-refractivity contribution in [3.05, 3.63) is 35.4 Å². The number of carbonyl (C=O) groups excluding carboxylic acids is 3. The quantitative estimate of drug-likeness (QED) is 0.246. The van der Waals surface area contributed by atoms with Crippen molar-refractivity contribution in [2.24, 2.45) is 0 Å². The van der Waals surface area contributed by atoms with E-state index in [9.17, 15) is 19.5 Å². The third kappa shape index (κ3) is 12.3. The molecule has 3 atom stereocenters. The molecule has 3 unspecified atom stereocenters. The molecule has 0 aliphatic carbocycles. The van der Waals surface area contributed by atoms with E-state index in [-0.39, 0.29) is 11.9 Å². The summed E-state index contributed by atoms with van der Waals surface area (Å²) >= 11 is 0. The number of nitrogens with zero attached hydrogens (tertiary/aromatic N) is 1. The van der Waals surface area contributed by atoms with Crippen molar-refractivity contribution < 1.29 is 24.2 Å². The SMILES string of the molecule is CCCCCCCCN(C(=O)C(CO)NC(=O)OC(C)(C)C)C(C(=O)NC(C)CCC)c1ccc(C)cc1. The average molecular weight is 534 g/mol. The Labute approximate surface area is 229 Å². The zero-order valence-electron chi connectivity index (χ0n) is 24.6. The predicted molar refractivity (Wildman–Crippen MR) is 152 cm³/mol. The topological polar surface area (TPSA) is 108 Å². The van der Waals surface area contributed by atoms with Gasteiger partial charge in [-0.3, -0.25) is 9.59 Å². The van der Waals surface area contributed by atoms with Crippen LogP contribution >= 0.6 is 0 Å². The number of benzene rings is 1. The number of amides is 3. The number of carbonyl (C=O) groups is 3. The minimum absolute atomic E-state index is 0.0556. The van der Waals surface area contributed by atoms with Gasteiger partial charge in [0.15, 0.2) is 0 Å². The molecule has 0 fully saturated rings. The molecule has 0 aliphatic heterocycles. The van der Waals surface area contributed by atoms with Crippen LogP contribution in [0.4, 0.5) is 4.79 Å². The fourth-order valence-corrected chi connectivity index (χ4v) is 4.31. The first-order chi connectivity index (χ1) is 17.9. The van der Waals surface area contributed by atoms with Gasteiger partial charge in [-0.2, -0.15) is 0 Å². The summed E-state index contributed by atoms with van der Waals surface area (Å²) in [5.41, 5.74) is 0.969. The first-order valence-electron chi connectivity index (χ1n) is 14.2. The molecule has 8 nitrogen and oxygen atoms in total. The number of ether oxygens (including phenoxy) is 1. The molecule has 0 saturated carbocycles. The van der Waals surface area contributed by atoms with Gasteiger partial charge in [-0.05, 0) is 53.0 Å². The highest BCUT2D eigenvalue weighted by molar-refractivity contribution is 5.92. The third-order valence-corrected chi connectivity index (χ3v) is 6.27. The van der Waals surface area contributed by atoms with Gasteiger partial charge >= 0.3 is 6.09 Å². The summed E-state index contributed by atoms with van der Waals surface area (Å²) in [6, 6.07) is 5.37. The van der Waals surface area contributed by atoms with Gasteiger partial charge in [-0.1, -0.05) is 82.2 Å². The number of rotatable bonds is 16. The highest BCUT2D eigenvalue weighted by atomic mass is 16.6. The lowest BCUT2D eigenvalue weighted by molar-refractivity contribution is -0.143. The minimum atomic E-state index is -1.24. The van der Waals surface area contributed by atoms with E-state index < -0.39 is 36.3 Å². The van der Waals surface area contributed by atoms with Gasteiger partial charge in [-0.25, -0.2) is 4.79 Å². The van der Waals surface area contributed by atoms with Gasteiger partial charge in [-0.15, -0.1) is 0 Å². The molecule has 0 saturated heterocycles. The molecule has 0 spiro atoms. The Balaban J connectivity index is 3.33. The predicted octanol–water partition coefficient (Wildman–Crippen LogP) is 5.42. The summed E-state index contributed by atoms with van der Waals surface area (Å²) in [6.45, 7) is 13.0. The third-order valence-electron chi connectivity index (χ3n) is 6.27. The molecule has 0 radical (unpaired) electrons. The van der Waals surface area contributed by atoms with Crippen LogP contribution in [-0.4, -0.2) is 58.8 Å². The lowest BCUT2D eigenvalue weighted by Crippen LogP contribution is -2.55. The average Bonchev–Trinajstić information content (AvgIpc) is 2.83. The lowest BCUT2D eigenvalue weighted by atomic mass is 10.00. The normalized spacial score (nSPS) is 13.8. The Kier molecular flexibility index (Phi) is 15.0. The van der Waals surface area contributed by atoms with Crippen molar-refractivity contribution in [2.75, 3.05) is 13.2 Å². The van der Waals surface area contributed by atoms with E-state index in [1.807, 2.05) is 38.1 Å². The Morgan fingerprint density at radius 2 is 1.55 bits per heavy atom. The monoisotopic (exact) mass is 533 g/mol. The van der Waals surface area contributed by atoms with Crippen molar-refractivity contribution in [1.29, 1.82) is 0 Å². The maximum absolute atomic E-state index is 13.9. The largest absolute Gasteiger partial charge is 0.444 e. The molecule has 1 aromatic rings. The summed E-state index contributed by atoms with van der Waals surface area (Å²) in [6.07, 6.45) is 7.05. The first-order valence-corrected chi connectivity index (χ1v) is 14.2. The molecule has 0 aliphatic rings. The van der Waals surface area contributed by atoms with E-state index in [0.717, 1.165) is 44.1 Å². The number of aliphatic hydroxyl groups excluding tert-OH is 1. The molecule has 0 heterocycles. The van der Waals surface area contributed by atoms with Crippen molar-refractivity contribution in [2.45, 2.75) is 124 Å². The van der Waals surface area contributed by atoms with Gasteiger partial charge in [0.25, 0.3) is 0 Å². The van der Waals surface area contributed by atoms with Gasteiger partial charge in [0.05, 0.1) is 6.61 Å². The molecular weight excluding hydrogens is 482 g/mol. The molecule has 3 N–H and O–H groups in total. The number of aryl methyl sites for hydroxylation is 1. The fourth-order valence-electron chi connectivity index (χ4n) is 4.31. The van der Waals surface area contributed by atoms with E-state index in [1.54, 1.807) is 20.8 Å². The van der Waals surface area contributed by atoms with Crippen LogP contribution in [0.25, 0.3) is 0 Å². The highest BCUT2D eigenvalue weighted by Gasteiger charge is 2.36. The maximum atomic E-state index is 13.9. The van der Waals surface area contributed by atoms with Gasteiger partial charge in [0, 0.05) is 12.6 Å². The van der Waals surface area contributed by atoms with Crippen LogP contribution < -0.4 is 10.6 Å². The zero-order valence-corrected chi connectivity index (χ0v) is 24.6. The molecule has 1 aromatic carbocycles. The molecular formula is C30H51N3O5. The Morgan fingerprint density at radius 3 is 2.11 bits per heavy atom. The lowest BCUT2D eigenvalue weighted by Gasteiger charge is -2.35. The minimum Gasteiger partial charge on any atom is -0.444 e. The van der Waals surface area contributed by atoms with Crippen molar-refractivity contribution in [3.8, 4) is 0 Å². The van der Waals surface area contributed by atoms with E-state index in [2.05, 4.69) is 24.5 Å². The zero-order chi connectivity index (χ0) is 28.7. The van der Waals surface area contributed by atoms with Crippen LogP contribution in [-0.2, 0) is 14.3 Å². The second-order valence-electron chi connectivity index (χ2n) is 11.2. The van der Waals surface area contributed by atoms with Gasteiger partial charge in [0.2, 0.25) is 11.8 Å². The Bertz CT molecular complexity index is 850. The fraction of sp³-hybridized carbons (Fsp3) is 0.700. The number of hydrogen-bond acceptors (Lipinski definition) is 5.